The van der Waals surface area contributed by atoms with Crippen LogP contribution in [0.15, 0.2) is 47.4 Å². The van der Waals surface area contributed by atoms with E-state index in [2.05, 4.69) is 0 Å². The molecule has 0 N–H and O–H groups in total. The van der Waals surface area contributed by atoms with Gasteiger partial charge in [-0.1, -0.05) is 64.8 Å². The van der Waals surface area contributed by atoms with E-state index in [0.717, 1.165) is 21.8 Å². The van der Waals surface area contributed by atoms with Gasteiger partial charge in [0.25, 0.3) is 0 Å². The lowest BCUT2D eigenvalue weighted by Crippen LogP contribution is -2.32. The van der Waals surface area contributed by atoms with Gasteiger partial charge in [-0.05, 0) is 42.3 Å². The Labute approximate surface area is 143 Å². The summed E-state index contributed by atoms with van der Waals surface area (Å²) in [5.74, 6) is 0.851. The van der Waals surface area contributed by atoms with Crippen molar-refractivity contribution in [3.05, 3.63) is 58.6 Å². The molecule has 0 saturated heterocycles. The van der Waals surface area contributed by atoms with E-state index >= 15 is 0 Å². The Morgan fingerprint density at radius 1 is 1.19 bits per heavy atom. The van der Waals surface area contributed by atoms with Crippen LogP contribution < -0.4 is 4.74 Å². The standard InChI is InChI=1S/C16H13Cl3OS/c1-10-7-12(17)8-11-9-14(20-15(10)11)16(18,19)21-13-5-3-2-4-6-13/h2-8,14H,9H2,1H3. The van der Waals surface area contributed by atoms with Crippen LogP contribution in [0.3, 0.4) is 0 Å². The van der Waals surface area contributed by atoms with Crippen LogP contribution in [0.2, 0.25) is 5.02 Å². The summed E-state index contributed by atoms with van der Waals surface area (Å²) in [6.07, 6.45) is 0.349. The predicted octanol–water partition coefficient (Wildman–Crippen LogP) is 5.88. The molecule has 0 radical (unpaired) electrons. The van der Waals surface area contributed by atoms with Gasteiger partial charge in [0.2, 0.25) is 3.67 Å². The number of alkyl halides is 2. The van der Waals surface area contributed by atoms with E-state index in [4.69, 9.17) is 39.5 Å². The molecular weight excluding hydrogens is 347 g/mol. The minimum absolute atomic E-state index is 0.307. The first-order valence-corrected chi connectivity index (χ1v) is 8.48. The number of fused-ring (bicyclic) bond motifs is 1. The number of thioether (sulfide) groups is 1. The molecule has 0 amide bonds. The topological polar surface area (TPSA) is 9.23 Å². The Balaban J connectivity index is 1.81. The largest absolute Gasteiger partial charge is 0.485 e. The number of benzene rings is 2. The van der Waals surface area contributed by atoms with Crippen LogP contribution in [-0.2, 0) is 6.42 Å². The van der Waals surface area contributed by atoms with E-state index in [-0.39, 0.29) is 6.10 Å². The third kappa shape index (κ3) is 3.29. The van der Waals surface area contributed by atoms with Gasteiger partial charge in [0.1, 0.15) is 11.9 Å². The van der Waals surface area contributed by atoms with Crippen molar-refractivity contribution >= 4 is 46.6 Å². The SMILES string of the molecule is Cc1cc(Cl)cc2c1OC(C(Cl)(Cl)Sc1ccccc1)C2. The second-order valence-corrected chi connectivity index (χ2v) is 8.59. The van der Waals surface area contributed by atoms with Crippen LogP contribution in [0.4, 0.5) is 0 Å². The molecule has 5 heteroatoms. The van der Waals surface area contributed by atoms with E-state index < -0.39 is 3.67 Å². The predicted molar refractivity (Wildman–Crippen MR) is 91.0 cm³/mol. The zero-order valence-electron chi connectivity index (χ0n) is 11.3. The van der Waals surface area contributed by atoms with Gasteiger partial charge in [-0.2, -0.15) is 0 Å². The summed E-state index contributed by atoms with van der Waals surface area (Å²) in [6.45, 7) is 1.97. The van der Waals surface area contributed by atoms with Crippen molar-refractivity contribution in [2.45, 2.75) is 28.0 Å². The molecule has 0 fully saturated rings. The highest BCUT2D eigenvalue weighted by Gasteiger charge is 2.42. The van der Waals surface area contributed by atoms with Crippen molar-refractivity contribution in [2.24, 2.45) is 0 Å². The summed E-state index contributed by atoms with van der Waals surface area (Å²) in [4.78, 5) is 1.01. The van der Waals surface area contributed by atoms with E-state index in [1.165, 1.54) is 11.8 Å². The lowest BCUT2D eigenvalue weighted by Gasteiger charge is -2.25. The van der Waals surface area contributed by atoms with Crippen molar-refractivity contribution in [1.82, 2.24) is 0 Å². The van der Waals surface area contributed by atoms with E-state index in [1.54, 1.807) is 0 Å². The average molecular weight is 360 g/mol. The number of aryl methyl sites for hydroxylation is 1. The Hall–Kier alpha value is -0.540. The molecule has 3 rings (SSSR count). The van der Waals surface area contributed by atoms with Crippen LogP contribution in [0, 0.1) is 6.92 Å². The second kappa shape index (κ2) is 5.92. The van der Waals surface area contributed by atoms with Gasteiger partial charge in [0.05, 0.1) is 0 Å². The smallest absolute Gasteiger partial charge is 0.204 e. The molecule has 1 unspecified atom stereocenters. The molecule has 21 heavy (non-hydrogen) atoms. The Kier molecular flexibility index (Phi) is 4.33. The number of hydrogen-bond donors (Lipinski definition) is 0. The first kappa shape index (κ1) is 15.4. The summed E-state index contributed by atoms with van der Waals surface area (Å²) >= 11 is 20.5. The van der Waals surface area contributed by atoms with Crippen molar-refractivity contribution in [3.63, 3.8) is 0 Å². The molecule has 0 spiro atoms. The van der Waals surface area contributed by atoms with Gasteiger partial charge in [-0.3, -0.25) is 0 Å². The van der Waals surface area contributed by atoms with Gasteiger partial charge < -0.3 is 4.74 Å². The fourth-order valence-electron chi connectivity index (χ4n) is 2.40. The summed E-state index contributed by atoms with van der Waals surface area (Å²) < 4.78 is 4.93. The summed E-state index contributed by atoms with van der Waals surface area (Å²) in [6, 6.07) is 13.6. The van der Waals surface area contributed by atoms with Crippen LogP contribution in [0.5, 0.6) is 5.75 Å². The molecule has 2 aromatic rings. The summed E-state index contributed by atoms with van der Waals surface area (Å²) in [5, 5.41) is 0.709. The molecule has 0 aromatic heterocycles. The first-order valence-electron chi connectivity index (χ1n) is 6.53. The third-order valence-electron chi connectivity index (χ3n) is 3.35. The van der Waals surface area contributed by atoms with Gasteiger partial charge >= 0.3 is 0 Å². The highest BCUT2D eigenvalue weighted by atomic mass is 35.5. The van der Waals surface area contributed by atoms with Gasteiger partial charge in [-0.15, -0.1) is 0 Å². The van der Waals surface area contributed by atoms with Crippen LogP contribution >= 0.6 is 46.6 Å². The zero-order valence-corrected chi connectivity index (χ0v) is 14.4. The summed E-state index contributed by atoms with van der Waals surface area (Å²) in [5.41, 5.74) is 2.07. The molecule has 0 bridgehead atoms. The quantitative estimate of drug-likeness (QED) is 0.500. The van der Waals surface area contributed by atoms with Gasteiger partial charge in [-0.25, -0.2) is 0 Å². The first-order chi connectivity index (χ1) is 9.95. The fraction of sp³-hybridized carbons (Fsp3) is 0.250. The highest BCUT2D eigenvalue weighted by Crippen LogP contribution is 2.49. The second-order valence-electron chi connectivity index (χ2n) is 5.00. The molecule has 0 saturated carbocycles. The average Bonchev–Trinajstić information content (AvgIpc) is 2.84. The molecule has 2 aromatic carbocycles. The summed E-state index contributed by atoms with van der Waals surface area (Å²) in [7, 11) is 0. The third-order valence-corrected chi connectivity index (χ3v) is 5.56. The van der Waals surface area contributed by atoms with E-state index in [1.807, 2.05) is 49.4 Å². The van der Waals surface area contributed by atoms with Crippen LogP contribution in [0.1, 0.15) is 11.1 Å². The number of halogens is 3. The fourth-order valence-corrected chi connectivity index (χ4v) is 4.35. The van der Waals surface area contributed by atoms with Crippen molar-refractivity contribution in [1.29, 1.82) is 0 Å². The maximum atomic E-state index is 6.53. The maximum Gasteiger partial charge on any atom is 0.204 e. The van der Waals surface area contributed by atoms with Crippen LogP contribution in [-0.4, -0.2) is 9.77 Å². The molecule has 1 aliphatic heterocycles. The monoisotopic (exact) mass is 358 g/mol. The number of ether oxygens (including phenoxy) is 1. The van der Waals surface area contributed by atoms with Gasteiger partial charge in [0, 0.05) is 16.3 Å². The van der Waals surface area contributed by atoms with Crippen LogP contribution in [0.25, 0.3) is 0 Å². The van der Waals surface area contributed by atoms with Crippen molar-refractivity contribution < 1.29 is 4.74 Å². The molecule has 110 valence electrons. The Morgan fingerprint density at radius 3 is 2.62 bits per heavy atom. The van der Waals surface area contributed by atoms with Gasteiger partial charge in [0.15, 0.2) is 0 Å². The molecule has 1 aliphatic rings. The molecular formula is C16H13Cl3OS. The van der Waals surface area contributed by atoms with E-state index in [0.29, 0.717) is 11.4 Å². The normalized spacial score (nSPS) is 17.4. The Bertz CT molecular complexity index is 658. The van der Waals surface area contributed by atoms with Crippen molar-refractivity contribution in [3.8, 4) is 5.75 Å². The molecule has 1 nitrogen and oxygen atoms in total. The minimum Gasteiger partial charge on any atom is -0.485 e. The highest BCUT2D eigenvalue weighted by molar-refractivity contribution is 8.03. The van der Waals surface area contributed by atoms with E-state index in [9.17, 15) is 0 Å². The number of hydrogen-bond acceptors (Lipinski definition) is 2. The lowest BCUT2D eigenvalue weighted by molar-refractivity contribution is 0.238. The van der Waals surface area contributed by atoms with Crippen molar-refractivity contribution in [2.75, 3.05) is 0 Å². The lowest BCUT2D eigenvalue weighted by atomic mass is 10.1. The minimum atomic E-state index is -1.06. The molecule has 1 heterocycles. The molecule has 0 aliphatic carbocycles. The molecule has 1 atom stereocenters. The Morgan fingerprint density at radius 2 is 1.90 bits per heavy atom. The zero-order chi connectivity index (χ0) is 15.0. The maximum absolute atomic E-state index is 6.53. The number of rotatable bonds is 3.